The Labute approximate surface area is 249 Å². The maximum absolute atomic E-state index is 11.0. The van der Waals surface area contributed by atoms with Gasteiger partial charge >= 0.3 is 37.7 Å². The Bertz CT molecular complexity index is 1450. The molecule has 4 rings (SSSR count). The molecular weight excluding hydrogens is 537 g/mol. The number of unbranched alkanes of at least 4 members (excludes halogenated alkanes) is 2. The van der Waals surface area contributed by atoms with Gasteiger partial charge in [0, 0.05) is 0 Å². The van der Waals surface area contributed by atoms with Crippen molar-refractivity contribution in [2.45, 2.75) is 62.2 Å². The van der Waals surface area contributed by atoms with E-state index in [4.69, 9.17) is 0 Å². The fourth-order valence-corrected chi connectivity index (χ4v) is 5.11. The minimum atomic E-state index is -4.38. The summed E-state index contributed by atoms with van der Waals surface area (Å²) in [5, 5.41) is 3.66. The first-order valence-corrected chi connectivity index (χ1v) is 14.8. The fourth-order valence-electron chi connectivity index (χ4n) is 4.11. The normalized spacial score (nSPS) is 11.6. The molecule has 0 bridgehead atoms. The zero-order valence-electron chi connectivity index (χ0n) is 21.1. The zero-order chi connectivity index (χ0) is 26.3. The van der Waals surface area contributed by atoms with Crippen LogP contribution in [0.15, 0.2) is 82.6 Å². The van der Waals surface area contributed by atoms with E-state index >= 15 is 0 Å². The number of hydrogen-bond acceptors (Lipinski definition) is 6. The number of fused-ring (bicyclic) bond motifs is 2. The Hall–Kier alpha value is -1.52. The monoisotopic (exact) mass is 566 g/mol. The summed E-state index contributed by atoms with van der Waals surface area (Å²) in [5.74, 6) is 0. The summed E-state index contributed by atoms with van der Waals surface area (Å²) in [6.45, 7) is 4.22. The summed E-state index contributed by atoms with van der Waals surface area (Å²) in [6.07, 6.45) is 6.05. The molecule has 0 atom stereocenters. The molecule has 0 fully saturated rings. The largest absolute Gasteiger partial charge is 2.00 e. The molecule has 37 heavy (non-hydrogen) atoms. The molecule has 192 valence electrons. The molecular formula is C28H30CaO6S2. The number of rotatable bonds is 8. The van der Waals surface area contributed by atoms with E-state index in [0.717, 1.165) is 71.2 Å². The molecule has 0 aliphatic heterocycles. The van der Waals surface area contributed by atoms with Crippen molar-refractivity contribution in [3.8, 4) is 0 Å². The molecule has 0 amide bonds. The van der Waals surface area contributed by atoms with Crippen molar-refractivity contribution in [1.82, 2.24) is 0 Å². The third-order valence-corrected chi connectivity index (χ3v) is 7.73. The van der Waals surface area contributed by atoms with E-state index in [1.807, 2.05) is 36.4 Å². The average molecular weight is 567 g/mol. The van der Waals surface area contributed by atoms with E-state index in [1.165, 1.54) is 24.3 Å². The van der Waals surface area contributed by atoms with Crippen molar-refractivity contribution >= 4 is 79.5 Å². The van der Waals surface area contributed by atoms with Crippen molar-refractivity contribution < 1.29 is 25.9 Å². The molecule has 4 aromatic carbocycles. The van der Waals surface area contributed by atoms with Gasteiger partial charge in [0.15, 0.2) is 0 Å². The first-order chi connectivity index (χ1) is 17.0. The van der Waals surface area contributed by atoms with Gasteiger partial charge in [-0.25, -0.2) is 16.8 Å². The molecule has 0 spiro atoms. The second-order valence-electron chi connectivity index (χ2n) is 8.72. The van der Waals surface area contributed by atoms with Crippen LogP contribution in [0.3, 0.4) is 0 Å². The maximum atomic E-state index is 11.0. The molecule has 9 heteroatoms. The first kappa shape index (κ1) is 31.7. The van der Waals surface area contributed by atoms with Crippen LogP contribution in [0, 0.1) is 0 Å². The molecule has 0 saturated carbocycles. The third kappa shape index (κ3) is 8.75. The van der Waals surface area contributed by atoms with E-state index < -0.39 is 20.2 Å². The fraction of sp³-hybridized carbons (Fsp3) is 0.286. The zero-order valence-corrected chi connectivity index (χ0v) is 25.0. The Balaban J connectivity index is 0.000000253. The van der Waals surface area contributed by atoms with Gasteiger partial charge in [0.2, 0.25) is 0 Å². The second kappa shape index (κ2) is 14.0. The van der Waals surface area contributed by atoms with Crippen LogP contribution in [0.1, 0.15) is 50.7 Å². The first-order valence-electron chi connectivity index (χ1n) is 12.0. The van der Waals surface area contributed by atoms with Crippen molar-refractivity contribution in [2.75, 3.05) is 0 Å². The predicted molar refractivity (Wildman–Crippen MR) is 147 cm³/mol. The van der Waals surface area contributed by atoms with E-state index in [9.17, 15) is 25.9 Å². The third-order valence-electron chi connectivity index (χ3n) is 6.06. The minimum absolute atomic E-state index is 0. The molecule has 0 aromatic heterocycles. The standard InChI is InChI=1S/2C14H16O3S.Ca/c2*1-2-3-5-11-6-4-7-12-8-9-13(10-14(11)12)18(15,16)17;/h2*4,6-10H,2-3,5H2,1H3,(H,15,16,17);/q;;+2/p-2. The minimum Gasteiger partial charge on any atom is -0.744 e. The molecule has 0 heterocycles. The van der Waals surface area contributed by atoms with Gasteiger partial charge in [-0.1, -0.05) is 75.2 Å². The Morgan fingerprint density at radius 1 is 0.595 bits per heavy atom. The summed E-state index contributed by atoms with van der Waals surface area (Å²) in [7, 11) is -8.76. The van der Waals surface area contributed by atoms with E-state index in [2.05, 4.69) is 13.8 Å². The van der Waals surface area contributed by atoms with Crippen molar-refractivity contribution in [3.05, 3.63) is 83.9 Å². The summed E-state index contributed by atoms with van der Waals surface area (Å²) in [5.41, 5.74) is 2.19. The van der Waals surface area contributed by atoms with Crippen LogP contribution in [0.25, 0.3) is 21.5 Å². The van der Waals surface area contributed by atoms with Crippen molar-refractivity contribution in [3.63, 3.8) is 0 Å². The van der Waals surface area contributed by atoms with E-state index in [1.54, 1.807) is 12.1 Å². The topological polar surface area (TPSA) is 114 Å². The van der Waals surface area contributed by atoms with Gasteiger partial charge < -0.3 is 9.11 Å². The van der Waals surface area contributed by atoms with Crippen molar-refractivity contribution in [2.24, 2.45) is 0 Å². The van der Waals surface area contributed by atoms with Crippen LogP contribution in [-0.4, -0.2) is 63.7 Å². The molecule has 4 aromatic rings. The van der Waals surface area contributed by atoms with E-state index in [-0.39, 0.29) is 47.5 Å². The average Bonchev–Trinajstić information content (AvgIpc) is 2.84. The quantitative estimate of drug-likeness (QED) is 0.197. The number of benzene rings is 4. The van der Waals surface area contributed by atoms with Crippen LogP contribution < -0.4 is 0 Å². The summed E-state index contributed by atoms with van der Waals surface area (Å²) < 4.78 is 66.3. The van der Waals surface area contributed by atoms with Gasteiger partial charge in [0.25, 0.3) is 0 Å². The Morgan fingerprint density at radius 2 is 0.973 bits per heavy atom. The van der Waals surface area contributed by atoms with Gasteiger partial charge in [0.05, 0.1) is 9.79 Å². The van der Waals surface area contributed by atoms with Gasteiger partial charge in [-0.3, -0.25) is 0 Å². The smallest absolute Gasteiger partial charge is 0.744 e. The van der Waals surface area contributed by atoms with Crippen LogP contribution >= 0.6 is 0 Å². The molecule has 6 nitrogen and oxygen atoms in total. The number of aryl methyl sites for hydroxylation is 2. The van der Waals surface area contributed by atoms with Crippen LogP contribution in [0.4, 0.5) is 0 Å². The number of hydrogen-bond donors (Lipinski definition) is 0. The second-order valence-corrected chi connectivity index (χ2v) is 11.5. The van der Waals surface area contributed by atoms with Crippen LogP contribution in [-0.2, 0) is 33.1 Å². The van der Waals surface area contributed by atoms with E-state index in [0.29, 0.717) is 0 Å². The summed E-state index contributed by atoms with van der Waals surface area (Å²) in [6, 6.07) is 20.8. The molecule has 0 N–H and O–H groups in total. The maximum Gasteiger partial charge on any atom is 2.00 e. The molecule has 0 aliphatic rings. The van der Waals surface area contributed by atoms with Gasteiger partial charge in [-0.15, -0.1) is 0 Å². The van der Waals surface area contributed by atoms with Crippen molar-refractivity contribution in [1.29, 1.82) is 0 Å². The molecule has 0 saturated heterocycles. The molecule has 0 unspecified atom stereocenters. The Kier molecular flexibility index (Phi) is 12.0. The summed E-state index contributed by atoms with van der Waals surface area (Å²) in [4.78, 5) is -0.308. The van der Waals surface area contributed by atoms with Crippen LogP contribution in [0.5, 0.6) is 0 Å². The molecule has 0 radical (unpaired) electrons. The summed E-state index contributed by atoms with van der Waals surface area (Å²) >= 11 is 0. The van der Waals surface area contributed by atoms with Crippen LogP contribution in [0.2, 0.25) is 0 Å². The van der Waals surface area contributed by atoms with Gasteiger partial charge in [-0.05, 0) is 82.6 Å². The SMILES string of the molecule is CCCCc1cccc2ccc(S(=O)(=O)[O-])cc12.CCCCc1cccc2ccc(S(=O)(=O)[O-])cc12.[Ca+2]. The Morgan fingerprint density at radius 3 is 1.30 bits per heavy atom. The predicted octanol–water partition coefficient (Wildman–Crippen LogP) is 5.79. The van der Waals surface area contributed by atoms with Gasteiger partial charge in [0.1, 0.15) is 20.2 Å². The molecule has 0 aliphatic carbocycles. The van der Waals surface area contributed by atoms with Gasteiger partial charge in [-0.2, -0.15) is 0 Å².